The number of likely N-dealkylation sites (tertiary alicyclic amines) is 1. The van der Waals surface area contributed by atoms with Gasteiger partial charge in [0.25, 0.3) is 5.91 Å². The van der Waals surface area contributed by atoms with E-state index >= 15 is 0 Å². The molecule has 0 radical (unpaired) electrons. The van der Waals surface area contributed by atoms with Crippen LogP contribution in [0.25, 0.3) is 0 Å². The monoisotopic (exact) mass is 386 g/mol. The van der Waals surface area contributed by atoms with E-state index in [0.717, 1.165) is 12.7 Å². The number of rotatable bonds is 4. The van der Waals surface area contributed by atoms with E-state index in [0.29, 0.717) is 30.6 Å². The molecule has 2 aromatic rings. The molecule has 142 valence electrons. The molecule has 1 amide bonds. The number of carbonyl (C=O) groups excluding carboxylic acids is 2. The zero-order valence-electron chi connectivity index (χ0n) is 15.1. The van der Waals surface area contributed by atoms with Crippen LogP contribution in [0, 0.1) is 5.92 Å². The molecule has 0 bridgehead atoms. The van der Waals surface area contributed by atoms with Crippen molar-refractivity contribution in [3.8, 4) is 0 Å². The van der Waals surface area contributed by atoms with Gasteiger partial charge in [-0.3, -0.25) is 9.59 Å². The van der Waals surface area contributed by atoms with Gasteiger partial charge in [-0.25, -0.2) is 8.42 Å². The average Bonchev–Trinajstić information content (AvgIpc) is 2.67. The van der Waals surface area contributed by atoms with Gasteiger partial charge in [-0.1, -0.05) is 18.2 Å². The number of nitrogen functional groups attached to an aromatic ring is 1. The molecule has 1 unspecified atom stereocenters. The molecule has 0 spiro atoms. The molecular weight excluding hydrogens is 364 g/mol. The topological polar surface area (TPSA) is 97.5 Å². The highest BCUT2D eigenvalue weighted by Crippen LogP contribution is 2.26. The molecular formula is C20H22N2O4S. The van der Waals surface area contributed by atoms with Crippen molar-refractivity contribution in [2.45, 2.75) is 17.7 Å². The lowest BCUT2D eigenvalue weighted by Gasteiger charge is -2.32. The summed E-state index contributed by atoms with van der Waals surface area (Å²) in [5.74, 6) is -0.593. The van der Waals surface area contributed by atoms with Crippen molar-refractivity contribution in [1.82, 2.24) is 4.90 Å². The predicted octanol–water partition coefficient (Wildman–Crippen LogP) is 2.41. The van der Waals surface area contributed by atoms with Crippen LogP contribution >= 0.6 is 0 Å². The highest BCUT2D eigenvalue weighted by molar-refractivity contribution is 7.90. The Morgan fingerprint density at radius 3 is 2.44 bits per heavy atom. The molecule has 1 atom stereocenters. The van der Waals surface area contributed by atoms with Gasteiger partial charge < -0.3 is 10.6 Å². The van der Waals surface area contributed by atoms with Gasteiger partial charge >= 0.3 is 0 Å². The van der Waals surface area contributed by atoms with Gasteiger partial charge in [0.05, 0.1) is 4.90 Å². The van der Waals surface area contributed by atoms with E-state index in [-0.39, 0.29) is 28.2 Å². The molecule has 1 saturated heterocycles. The molecule has 0 aromatic heterocycles. The third kappa shape index (κ3) is 4.19. The maximum atomic E-state index is 12.9. The molecule has 1 heterocycles. The molecule has 0 saturated carbocycles. The predicted molar refractivity (Wildman–Crippen MR) is 103 cm³/mol. The zero-order valence-corrected chi connectivity index (χ0v) is 15.9. The van der Waals surface area contributed by atoms with Crippen molar-refractivity contribution >= 4 is 27.2 Å². The maximum Gasteiger partial charge on any atom is 0.253 e. The van der Waals surface area contributed by atoms with Gasteiger partial charge in [0, 0.05) is 42.1 Å². The Kier molecular flexibility index (Phi) is 5.32. The molecule has 3 rings (SSSR count). The summed E-state index contributed by atoms with van der Waals surface area (Å²) >= 11 is 0. The number of carbonyl (C=O) groups is 2. The second kappa shape index (κ2) is 7.52. The van der Waals surface area contributed by atoms with Gasteiger partial charge in [-0.05, 0) is 43.2 Å². The standard InChI is InChI=1S/C20H22N2O4S/c1-27(25,26)16-9-10-17(18(21)12-16)19(23)15-8-5-11-22(13-15)20(24)14-6-3-2-4-7-14/h2-4,6-7,9-10,12,15H,5,8,11,13,21H2,1H3. The normalized spacial score (nSPS) is 17.5. The number of hydrogen-bond acceptors (Lipinski definition) is 5. The van der Waals surface area contributed by atoms with Crippen LogP contribution in [0.5, 0.6) is 0 Å². The minimum Gasteiger partial charge on any atom is -0.398 e. The minimum absolute atomic E-state index is 0.0843. The third-order valence-corrected chi connectivity index (χ3v) is 5.93. The maximum absolute atomic E-state index is 12.9. The highest BCUT2D eigenvalue weighted by Gasteiger charge is 2.30. The Morgan fingerprint density at radius 2 is 1.81 bits per heavy atom. The molecule has 7 heteroatoms. The summed E-state index contributed by atoms with van der Waals surface area (Å²) in [6.07, 6.45) is 2.50. The minimum atomic E-state index is -3.39. The summed E-state index contributed by atoms with van der Waals surface area (Å²) in [6, 6.07) is 13.2. The lowest BCUT2D eigenvalue weighted by atomic mass is 9.89. The lowest BCUT2D eigenvalue weighted by molar-refractivity contribution is 0.0637. The molecule has 2 N–H and O–H groups in total. The van der Waals surface area contributed by atoms with Gasteiger partial charge in [0.15, 0.2) is 15.6 Å². The number of hydrogen-bond donors (Lipinski definition) is 1. The number of nitrogens with zero attached hydrogens (tertiary/aromatic N) is 1. The lowest BCUT2D eigenvalue weighted by Crippen LogP contribution is -2.42. The number of amides is 1. The van der Waals surface area contributed by atoms with Gasteiger partial charge in [-0.15, -0.1) is 0 Å². The molecule has 27 heavy (non-hydrogen) atoms. The molecule has 1 fully saturated rings. The fourth-order valence-corrected chi connectivity index (χ4v) is 4.01. The number of ketones is 1. The number of nitrogens with two attached hydrogens (primary N) is 1. The summed E-state index contributed by atoms with van der Waals surface area (Å²) in [5.41, 5.74) is 7.00. The first-order valence-electron chi connectivity index (χ1n) is 8.75. The van der Waals surface area contributed by atoms with E-state index in [1.165, 1.54) is 18.2 Å². The number of piperidine rings is 1. The highest BCUT2D eigenvalue weighted by atomic mass is 32.2. The van der Waals surface area contributed by atoms with Crippen molar-refractivity contribution in [1.29, 1.82) is 0 Å². The van der Waals surface area contributed by atoms with E-state index in [1.54, 1.807) is 17.0 Å². The fourth-order valence-electron chi connectivity index (χ4n) is 3.35. The largest absolute Gasteiger partial charge is 0.398 e. The summed E-state index contributed by atoms with van der Waals surface area (Å²) in [5, 5.41) is 0. The van der Waals surface area contributed by atoms with Crippen molar-refractivity contribution in [2.24, 2.45) is 5.92 Å². The van der Waals surface area contributed by atoms with Crippen LogP contribution in [-0.4, -0.2) is 44.4 Å². The van der Waals surface area contributed by atoms with E-state index in [4.69, 9.17) is 5.73 Å². The second-order valence-corrected chi connectivity index (χ2v) is 8.86. The van der Waals surface area contributed by atoms with Crippen LogP contribution in [0.3, 0.4) is 0 Å². The van der Waals surface area contributed by atoms with Crippen LogP contribution in [0.4, 0.5) is 5.69 Å². The Balaban J connectivity index is 1.78. The SMILES string of the molecule is CS(=O)(=O)c1ccc(C(=O)C2CCCN(C(=O)c3ccccc3)C2)c(N)c1. The average molecular weight is 386 g/mol. The Morgan fingerprint density at radius 1 is 1.11 bits per heavy atom. The smallest absolute Gasteiger partial charge is 0.253 e. The molecule has 0 aliphatic carbocycles. The van der Waals surface area contributed by atoms with Crippen LogP contribution < -0.4 is 5.73 Å². The van der Waals surface area contributed by atoms with E-state index in [2.05, 4.69) is 0 Å². The van der Waals surface area contributed by atoms with Crippen molar-refractivity contribution in [3.63, 3.8) is 0 Å². The summed E-state index contributed by atoms with van der Waals surface area (Å²) < 4.78 is 23.3. The number of sulfone groups is 1. The Labute approximate surface area is 158 Å². The Bertz CT molecular complexity index is 971. The first kappa shape index (κ1) is 19.1. The quantitative estimate of drug-likeness (QED) is 0.643. The van der Waals surface area contributed by atoms with E-state index < -0.39 is 9.84 Å². The van der Waals surface area contributed by atoms with Gasteiger partial charge in [0.2, 0.25) is 0 Å². The first-order chi connectivity index (χ1) is 12.8. The first-order valence-corrected chi connectivity index (χ1v) is 10.6. The molecule has 2 aromatic carbocycles. The van der Waals surface area contributed by atoms with Crippen LogP contribution in [0.15, 0.2) is 53.4 Å². The second-order valence-electron chi connectivity index (χ2n) is 6.84. The van der Waals surface area contributed by atoms with Gasteiger partial charge in [0.1, 0.15) is 0 Å². The van der Waals surface area contributed by atoms with E-state index in [9.17, 15) is 18.0 Å². The number of benzene rings is 2. The molecule has 1 aliphatic heterocycles. The van der Waals surface area contributed by atoms with Crippen molar-refractivity contribution in [2.75, 3.05) is 25.1 Å². The summed E-state index contributed by atoms with van der Waals surface area (Å²) in [4.78, 5) is 27.3. The van der Waals surface area contributed by atoms with Crippen molar-refractivity contribution in [3.05, 3.63) is 59.7 Å². The van der Waals surface area contributed by atoms with Crippen LogP contribution in [0.2, 0.25) is 0 Å². The zero-order chi connectivity index (χ0) is 19.6. The van der Waals surface area contributed by atoms with Crippen LogP contribution in [0.1, 0.15) is 33.6 Å². The fraction of sp³-hybridized carbons (Fsp3) is 0.300. The van der Waals surface area contributed by atoms with Crippen molar-refractivity contribution < 1.29 is 18.0 Å². The summed E-state index contributed by atoms with van der Waals surface area (Å²) in [6.45, 7) is 0.944. The molecule has 1 aliphatic rings. The summed E-state index contributed by atoms with van der Waals surface area (Å²) in [7, 11) is -3.39. The third-order valence-electron chi connectivity index (χ3n) is 4.82. The van der Waals surface area contributed by atoms with Gasteiger partial charge in [-0.2, -0.15) is 0 Å². The van der Waals surface area contributed by atoms with Crippen LogP contribution in [-0.2, 0) is 9.84 Å². The van der Waals surface area contributed by atoms with E-state index in [1.807, 2.05) is 18.2 Å². The Hall–Kier alpha value is -2.67. The molecule has 6 nitrogen and oxygen atoms in total. The number of Topliss-reactive ketones (excluding diaryl/α,β-unsaturated/α-hetero) is 1. The number of anilines is 1.